The van der Waals surface area contributed by atoms with E-state index in [-0.39, 0.29) is 33.5 Å². The van der Waals surface area contributed by atoms with Crippen molar-refractivity contribution in [2.75, 3.05) is 13.2 Å². The van der Waals surface area contributed by atoms with Crippen molar-refractivity contribution in [2.24, 2.45) is 0 Å². The van der Waals surface area contributed by atoms with E-state index in [0.29, 0.717) is 12.1 Å². The van der Waals surface area contributed by atoms with Gasteiger partial charge in [-0.2, -0.15) is 0 Å². The van der Waals surface area contributed by atoms with E-state index in [2.05, 4.69) is 16.2 Å². The Bertz CT molecular complexity index is 838. The van der Waals surface area contributed by atoms with Gasteiger partial charge in [0, 0.05) is 29.2 Å². The zero-order valence-corrected chi connectivity index (χ0v) is 16.3. The monoisotopic (exact) mass is 435 g/mol. The third-order valence-electron chi connectivity index (χ3n) is 3.54. The molecule has 0 saturated carbocycles. The molecule has 2 amide bonds. The van der Waals surface area contributed by atoms with E-state index in [1.165, 1.54) is 24.3 Å². The van der Waals surface area contributed by atoms with Gasteiger partial charge in [-0.05, 0) is 23.8 Å². The second-order valence-electron chi connectivity index (χ2n) is 5.61. The number of rotatable bonds is 8. The summed E-state index contributed by atoms with van der Waals surface area (Å²) in [6.45, 7) is 1.43. The lowest BCUT2D eigenvalue weighted by atomic mass is 10.0. The van der Waals surface area contributed by atoms with E-state index in [0.717, 1.165) is 0 Å². The molecule has 0 aliphatic carbocycles. The molecule has 2 aromatic rings. The summed E-state index contributed by atoms with van der Waals surface area (Å²) in [5.74, 6) is -0.612. The molecule has 0 aliphatic rings. The summed E-state index contributed by atoms with van der Waals surface area (Å²) in [5, 5.41) is 2.78. The van der Waals surface area contributed by atoms with E-state index in [4.69, 9.17) is 27.9 Å². The van der Waals surface area contributed by atoms with Gasteiger partial charge in [0.15, 0.2) is 0 Å². The topological polar surface area (TPSA) is 62.4 Å². The van der Waals surface area contributed by atoms with E-state index >= 15 is 0 Å². The van der Waals surface area contributed by atoms with Crippen LogP contribution in [0, 0.1) is 5.82 Å². The van der Waals surface area contributed by atoms with Crippen LogP contribution in [0.4, 0.5) is 18.0 Å². The normalized spacial score (nSPS) is 10.8. The lowest BCUT2D eigenvalue weighted by Gasteiger charge is -2.15. The minimum Gasteiger partial charge on any atom is -0.485 e. The third kappa shape index (κ3) is 6.19. The maximum Gasteiger partial charge on any atom is 0.329 e. The van der Waals surface area contributed by atoms with Crippen LogP contribution >= 0.6 is 23.2 Å². The molecule has 28 heavy (non-hydrogen) atoms. The fraction of sp³-hybridized carbons (Fsp3) is 0.278. The van der Waals surface area contributed by atoms with Crippen LogP contribution in [0.5, 0.6) is 5.75 Å². The Morgan fingerprint density at radius 3 is 2.61 bits per heavy atom. The van der Waals surface area contributed by atoms with Crippen LogP contribution in [0.3, 0.4) is 0 Å². The molecule has 2 aromatic carbocycles. The number of carbonyl (C=O) groups excluding carboxylic acids is 1. The fourth-order valence-corrected chi connectivity index (χ4v) is 2.86. The highest BCUT2D eigenvalue weighted by molar-refractivity contribution is 6.36. The molecule has 152 valence electrons. The van der Waals surface area contributed by atoms with Gasteiger partial charge in [-0.3, -0.25) is 5.43 Å². The maximum absolute atomic E-state index is 14.5. The standard InChI is InChI=1S/C18H18Cl2F3N3O2/c1-2-25-26-18(27)24-8-11-4-3-10(5-15(11)21)13-6-12(19)7-14(20)17(13)28-9-16(22)23/h3-7,16,25H,2,8-9H2,1H3,(H2,24,26,27). The van der Waals surface area contributed by atoms with E-state index in [1.54, 1.807) is 13.0 Å². The smallest absolute Gasteiger partial charge is 0.329 e. The number of hydrogen-bond donors (Lipinski definition) is 3. The predicted octanol–water partition coefficient (Wildman–Crippen LogP) is 4.77. The molecule has 0 unspecified atom stereocenters. The zero-order valence-electron chi connectivity index (χ0n) is 14.8. The Kier molecular flexibility index (Phi) is 8.22. The summed E-state index contributed by atoms with van der Waals surface area (Å²) in [5.41, 5.74) is 5.84. The Hall–Kier alpha value is -2.16. The van der Waals surface area contributed by atoms with Gasteiger partial charge in [0.05, 0.1) is 5.02 Å². The Balaban J connectivity index is 2.24. The molecule has 0 aromatic heterocycles. The maximum atomic E-state index is 14.5. The second-order valence-corrected chi connectivity index (χ2v) is 6.45. The quantitative estimate of drug-likeness (QED) is 0.523. The van der Waals surface area contributed by atoms with Crippen LogP contribution in [0.15, 0.2) is 30.3 Å². The largest absolute Gasteiger partial charge is 0.485 e. The van der Waals surface area contributed by atoms with Gasteiger partial charge in [0.1, 0.15) is 18.2 Å². The van der Waals surface area contributed by atoms with Gasteiger partial charge in [0.25, 0.3) is 6.43 Å². The first kappa shape index (κ1) is 22.1. The lowest BCUT2D eigenvalue weighted by molar-refractivity contribution is 0.0822. The van der Waals surface area contributed by atoms with Crippen LogP contribution in [-0.4, -0.2) is 25.6 Å². The average Bonchev–Trinajstić information content (AvgIpc) is 2.63. The Labute approximate surface area is 170 Å². The van der Waals surface area contributed by atoms with E-state index < -0.39 is 24.9 Å². The molecule has 5 nitrogen and oxygen atoms in total. The number of urea groups is 1. The molecule has 3 N–H and O–H groups in total. The molecule has 2 rings (SSSR count). The molecule has 0 heterocycles. The highest BCUT2D eigenvalue weighted by Gasteiger charge is 2.16. The number of benzene rings is 2. The second kappa shape index (κ2) is 10.4. The summed E-state index contributed by atoms with van der Waals surface area (Å²) in [7, 11) is 0. The molecule has 0 aliphatic heterocycles. The van der Waals surface area contributed by atoms with Gasteiger partial charge >= 0.3 is 6.03 Å². The van der Waals surface area contributed by atoms with Crippen LogP contribution in [0.1, 0.15) is 12.5 Å². The minimum atomic E-state index is -2.70. The molecular weight excluding hydrogens is 418 g/mol. The van der Waals surface area contributed by atoms with Gasteiger partial charge < -0.3 is 10.1 Å². The molecule has 0 bridgehead atoms. The fourth-order valence-electron chi connectivity index (χ4n) is 2.31. The first-order valence-corrected chi connectivity index (χ1v) is 9.02. The average molecular weight is 436 g/mol. The summed E-state index contributed by atoms with van der Waals surface area (Å²) in [6.07, 6.45) is -2.70. The van der Waals surface area contributed by atoms with Crippen LogP contribution in [-0.2, 0) is 6.54 Å². The summed E-state index contributed by atoms with van der Waals surface area (Å²) in [6, 6.07) is 6.50. The predicted molar refractivity (Wildman–Crippen MR) is 102 cm³/mol. The van der Waals surface area contributed by atoms with Gasteiger partial charge in [0.2, 0.25) is 0 Å². The van der Waals surface area contributed by atoms with E-state index in [9.17, 15) is 18.0 Å². The lowest BCUT2D eigenvalue weighted by Crippen LogP contribution is -2.43. The number of amides is 2. The van der Waals surface area contributed by atoms with Crippen LogP contribution in [0.2, 0.25) is 10.0 Å². The SMILES string of the molecule is CCNNC(=O)NCc1ccc(-c2cc(Cl)cc(Cl)c2OCC(F)F)cc1F. The first-order chi connectivity index (χ1) is 13.3. The molecule has 0 atom stereocenters. The molecule has 0 saturated heterocycles. The Morgan fingerprint density at radius 1 is 1.21 bits per heavy atom. The van der Waals surface area contributed by atoms with Gasteiger partial charge in [-0.15, -0.1) is 0 Å². The van der Waals surface area contributed by atoms with Crippen molar-refractivity contribution in [2.45, 2.75) is 19.9 Å². The number of carbonyl (C=O) groups is 1. The number of hydrazine groups is 1. The minimum absolute atomic E-state index is 0.0124. The van der Waals surface area contributed by atoms with Crippen LogP contribution in [0.25, 0.3) is 11.1 Å². The molecular formula is C18H18Cl2F3N3O2. The highest BCUT2D eigenvalue weighted by atomic mass is 35.5. The number of nitrogens with one attached hydrogen (secondary N) is 3. The number of ether oxygens (including phenoxy) is 1. The summed E-state index contributed by atoms with van der Waals surface area (Å²) < 4.78 is 44.6. The van der Waals surface area contributed by atoms with Crippen molar-refractivity contribution in [1.82, 2.24) is 16.2 Å². The van der Waals surface area contributed by atoms with Crippen molar-refractivity contribution in [1.29, 1.82) is 0 Å². The van der Waals surface area contributed by atoms with Crippen LogP contribution < -0.4 is 20.9 Å². The van der Waals surface area contributed by atoms with Gasteiger partial charge in [-0.25, -0.2) is 23.4 Å². The molecule has 0 radical (unpaired) electrons. The summed E-state index contributed by atoms with van der Waals surface area (Å²) >= 11 is 12.0. The van der Waals surface area contributed by atoms with E-state index in [1.807, 2.05) is 0 Å². The number of halogens is 5. The first-order valence-electron chi connectivity index (χ1n) is 8.27. The van der Waals surface area contributed by atoms with Crippen molar-refractivity contribution >= 4 is 29.2 Å². The summed E-state index contributed by atoms with van der Waals surface area (Å²) in [4.78, 5) is 11.5. The van der Waals surface area contributed by atoms with Crippen molar-refractivity contribution in [3.05, 3.63) is 51.8 Å². The van der Waals surface area contributed by atoms with Crippen molar-refractivity contribution in [3.63, 3.8) is 0 Å². The molecule has 0 spiro atoms. The highest BCUT2D eigenvalue weighted by Crippen LogP contribution is 2.39. The van der Waals surface area contributed by atoms with Gasteiger partial charge in [-0.1, -0.05) is 42.3 Å². The Morgan fingerprint density at radius 2 is 1.96 bits per heavy atom. The number of hydrogen-bond acceptors (Lipinski definition) is 3. The number of alkyl halides is 2. The molecule has 10 heteroatoms. The van der Waals surface area contributed by atoms with Crippen molar-refractivity contribution in [3.8, 4) is 16.9 Å². The van der Waals surface area contributed by atoms with Crippen molar-refractivity contribution < 1.29 is 22.7 Å². The molecule has 0 fully saturated rings. The zero-order chi connectivity index (χ0) is 20.7. The third-order valence-corrected chi connectivity index (χ3v) is 4.04.